The van der Waals surface area contributed by atoms with E-state index in [0.29, 0.717) is 63.4 Å². The van der Waals surface area contributed by atoms with Crippen LogP contribution in [0.1, 0.15) is 126 Å². The lowest BCUT2D eigenvalue weighted by Gasteiger charge is -2.42. The van der Waals surface area contributed by atoms with Crippen molar-refractivity contribution in [3.8, 4) is 0 Å². The zero-order valence-corrected chi connectivity index (χ0v) is 40.6. The number of fused-ring (bicyclic) bond motifs is 3. The maximum Gasteiger partial charge on any atom is 0.329 e. The number of rotatable bonds is 6. The minimum absolute atomic E-state index is 0.0193. The highest BCUT2D eigenvalue weighted by atomic mass is 16.6. The highest BCUT2D eigenvalue weighted by Crippen LogP contribution is 2.38. The largest absolute Gasteiger partial charge is 0.460 e. The zero-order valence-electron chi connectivity index (χ0n) is 40.6. The van der Waals surface area contributed by atoms with Crippen molar-refractivity contribution in [2.75, 3.05) is 27.9 Å². The fraction of sp³-hybridized carbons (Fsp3) is 0.745. The van der Waals surface area contributed by atoms with Crippen LogP contribution in [0.3, 0.4) is 0 Å². The predicted octanol–water partition coefficient (Wildman–Crippen LogP) is 6.18. The number of allylic oxidation sites excluding steroid dienone is 6. The molecule has 0 aromatic carbocycles. The molecule has 3 heterocycles. The smallest absolute Gasteiger partial charge is 0.329 e. The van der Waals surface area contributed by atoms with Crippen molar-refractivity contribution in [2.24, 2.45) is 35.5 Å². The number of amides is 1. The number of cyclic esters (lactones) is 1. The highest BCUT2D eigenvalue weighted by molar-refractivity contribution is 6.39. The Bertz CT molecular complexity index is 1760. The maximum absolute atomic E-state index is 14.4. The summed E-state index contributed by atoms with van der Waals surface area (Å²) in [5.74, 6) is -7.96. The third-order valence-electron chi connectivity index (χ3n) is 14.5. The molecule has 3 fully saturated rings. The van der Waals surface area contributed by atoms with Gasteiger partial charge in [-0.25, -0.2) is 4.79 Å². The molecule has 3 aliphatic heterocycles. The van der Waals surface area contributed by atoms with Crippen LogP contribution in [0.15, 0.2) is 47.6 Å². The van der Waals surface area contributed by atoms with Gasteiger partial charge in [0, 0.05) is 58.5 Å². The van der Waals surface area contributed by atoms with Gasteiger partial charge in [0.2, 0.25) is 5.79 Å². The molecule has 1 aliphatic carbocycles. The Balaban J connectivity index is 1.70. The summed E-state index contributed by atoms with van der Waals surface area (Å²) >= 11 is 0. The van der Waals surface area contributed by atoms with Crippen LogP contribution in [-0.2, 0) is 47.7 Å². The highest BCUT2D eigenvalue weighted by Gasteiger charge is 2.53. The van der Waals surface area contributed by atoms with Crippen LogP contribution in [-0.4, -0.2) is 132 Å². The maximum atomic E-state index is 14.4. The predicted molar refractivity (Wildman–Crippen MR) is 245 cm³/mol. The summed E-state index contributed by atoms with van der Waals surface area (Å²) in [5.41, 5.74) is 1.27. The molecular weight excluding hydrogens is 835 g/mol. The Hall–Kier alpha value is -3.37. The van der Waals surface area contributed by atoms with E-state index >= 15 is 0 Å². The Labute approximate surface area is 387 Å². The van der Waals surface area contributed by atoms with Crippen molar-refractivity contribution in [3.05, 3.63) is 47.6 Å². The van der Waals surface area contributed by atoms with Crippen LogP contribution < -0.4 is 0 Å². The van der Waals surface area contributed by atoms with Gasteiger partial charge in [-0.15, -0.1) is 0 Å². The molecule has 3 N–H and O–H groups in total. The third kappa shape index (κ3) is 14.3. The van der Waals surface area contributed by atoms with Gasteiger partial charge in [-0.1, -0.05) is 71.1 Å². The van der Waals surface area contributed by atoms with Gasteiger partial charge in [-0.3, -0.25) is 19.2 Å². The number of hydrogen-bond acceptors (Lipinski definition) is 13. The standard InChI is InChI=1S/C51H79NO13/c1-30-16-12-11-13-17-31(2)42(61-8)28-38-21-19-36(7)51(60,65-38)48(57)49(58)52-23-15-14-18-39(52)50(59)64-43(33(4)26-37-20-22-40(53)44(27-37)62-9)29-41(54)32(3)25-35(6)46(56)47(63-10)45(55)34(5)24-30/h11-13,16-17,25,30,32-34,36-40,42-44,46-47,53,56,60H,14-15,18-24,26-29H2,1-10H3/b13-11+,16-12+,31-17+,35-25+/t30-,32?,33-,34-,36-,37+,38+,39?,40-,42+,43+,44-,46?,47+,51-/m1/s1. The Morgan fingerprint density at radius 2 is 1.57 bits per heavy atom. The average Bonchev–Trinajstić information content (AvgIpc) is 3.28. The number of hydrogen-bond donors (Lipinski definition) is 3. The molecule has 4 rings (SSSR count). The first-order valence-electron chi connectivity index (χ1n) is 23.9. The summed E-state index contributed by atoms with van der Waals surface area (Å²) in [6, 6.07) is -1.14. The van der Waals surface area contributed by atoms with Gasteiger partial charge in [0.15, 0.2) is 5.78 Å². The van der Waals surface area contributed by atoms with E-state index in [-0.39, 0.29) is 54.8 Å². The minimum atomic E-state index is -2.43. The van der Waals surface area contributed by atoms with E-state index in [9.17, 15) is 39.3 Å². The van der Waals surface area contributed by atoms with E-state index in [2.05, 4.69) is 0 Å². The lowest BCUT2D eigenvalue weighted by Crippen LogP contribution is -2.61. The first-order chi connectivity index (χ1) is 30.7. The van der Waals surface area contributed by atoms with Crippen LogP contribution in [0.4, 0.5) is 0 Å². The molecule has 14 nitrogen and oxygen atoms in total. The van der Waals surface area contributed by atoms with Gasteiger partial charge in [0.1, 0.15) is 30.1 Å². The fourth-order valence-electron chi connectivity index (χ4n) is 10.1. The Morgan fingerprint density at radius 1 is 0.846 bits per heavy atom. The summed E-state index contributed by atoms with van der Waals surface area (Å²) in [6.07, 6.45) is 11.2. The second-order valence-electron chi connectivity index (χ2n) is 19.6. The molecule has 65 heavy (non-hydrogen) atoms. The molecule has 0 radical (unpaired) electrons. The quantitative estimate of drug-likeness (QED) is 0.156. The molecule has 0 aromatic heterocycles. The molecule has 2 bridgehead atoms. The number of nitrogens with zero attached hydrogens (tertiary/aromatic N) is 1. The Kier molecular flexibility index (Phi) is 21.0. The molecule has 15 atom stereocenters. The zero-order chi connectivity index (χ0) is 48.2. The van der Waals surface area contributed by atoms with Crippen molar-refractivity contribution in [1.29, 1.82) is 0 Å². The molecule has 3 unspecified atom stereocenters. The van der Waals surface area contributed by atoms with E-state index in [1.807, 2.05) is 58.1 Å². The van der Waals surface area contributed by atoms with Crippen molar-refractivity contribution in [2.45, 2.75) is 180 Å². The molecule has 0 aromatic rings. The van der Waals surface area contributed by atoms with Crippen molar-refractivity contribution in [1.82, 2.24) is 4.90 Å². The number of ketones is 3. The van der Waals surface area contributed by atoms with Crippen LogP contribution in [0.5, 0.6) is 0 Å². The van der Waals surface area contributed by atoms with E-state index in [1.54, 1.807) is 41.1 Å². The van der Waals surface area contributed by atoms with Gasteiger partial charge in [-0.2, -0.15) is 0 Å². The number of methoxy groups -OCH3 is 3. The van der Waals surface area contributed by atoms with Gasteiger partial charge in [-0.05, 0) is 107 Å². The minimum Gasteiger partial charge on any atom is -0.460 e. The molecule has 1 saturated carbocycles. The first kappa shape index (κ1) is 54.2. The van der Waals surface area contributed by atoms with Crippen LogP contribution in [0.2, 0.25) is 0 Å². The second kappa shape index (κ2) is 25.1. The lowest BCUT2D eigenvalue weighted by molar-refractivity contribution is -0.265. The van der Waals surface area contributed by atoms with Gasteiger partial charge < -0.3 is 43.9 Å². The lowest BCUT2D eigenvalue weighted by atomic mass is 9.78. The summed E-state index contributed by atoms with van der Waals surface area (Å²) in [4.78, 5) is 71.8. The number of ether oxygens (including phenoxy) is 5. The molecule has 0 spiro atoms. The average molecular weight is 914 g/mol. The molecule has 14 heteroatoms. The van der Waals surface area contributed by atoms with Crippen LogP contribution >= 0.6 is 0 Å². The molecular formula is C51H79NO13. The summed E-state index contributed by atoms with van der Waals surface area (Å²) in [5, 5.41) is 33.8. The Morgan fingerprint density at radius 3 is 2.25 bits per heavy atom. The van der Waals surface area contributed by atoms with E-state index < -0.39 is 83.9 Å². The number of aliphatic hydroxyl groups excluding tert-OH is 2. The fourth-order valence-corrected chi connectivity index (χ4v) is 10.1. The first-order valence-corrected chi connectivity index (χ1v) is 23.9. The van der Waals surface area contributed by atoms with Crippen molar-refractivity contribution in [3.63, 3.8) is 0 Å². The van der Waals surface area contributed by atoms with E-state index in [4.69, 9.17) is 23.7 Å². The summed E-state index contributed by atoms with van der Waals surface area (Å²) < 4.78 is 29.4. The topological polar surface area (TPSA) is 195 Å². The number of carbonyl (C=O) groups is 5. The van der Waals surface area contributed by atoms with Crippen LogP contribution in [0, 0.1) is 35.5 Å². The van der Waals surface area contributed by atoms with Gasteiger partial charge in [0.25, 0.3) is 11.7 Å². The number of aliphatic hydroxyl groups is 3. The van der Waals surface area contributed by atoms with E-state index in [0.717, 1.165) is 12.0 Å². The van der Waals surface area contributed by atoms with Gasteiger partial charge in [0.05, 0.1) is 24.4 Å². The number of esters is 1. The van der Waals surface area contributed by atoms with Crippen molar-refractivity contribution >= 4 is 29.2 Å². The molecule has 366 valence electrons. The SMILES string of the molecule is CO[C@H]1C[C@@H]2CC[C@@H](C)[C@@](O)(O2)C(=O)C(=O)N2CCCCC2C(=O)O[C@H]([C@H](C)C[C@@H]2CC[C@@H](O)[C@H](OC)C2)CC(=O)C(C)/C=C(\C)C(O)[C@@H](OC)C(=O)[C@H](C)C[C@H](C)/C=C/C=C/C=C/1C. The molecule has 1 amide bonds. The van der Waals surface area contributed by atoms with E-state index in [1.165, 1.54) is 12.0 Å². The van der Waals surface area contributed by atoms with Gasteiger partial charge >= 0.3 is 5.97 Å². The van der Waals surface area contributed by atoms with Crippen molar-refractivity contribution < 1.29 is 63.0 Å². The number of Topliss-reactive ketones (excluding diaryl/α,β-unsaturated/α-hetero) is 3. The monoisotopic (exact) mass is 914 g/mol. The second-order valence-corrected chi connectivity index (χ2v) is 19.6. The number of carbonyl (C=O) groups excluding carboxylic acids is 5. The summed E-state index contributed by atoms with van der Waals surface area (Å²) in [7, 11) is 4.52. The van der Waals surface area contributed by atoms with Crippen LogP contribution in [0.25, 0.3) is 0 Å². The molecule has 2 saturated heterocycles. The normalized spacial score (nSPS) is 40.4. The number of piperidine rings is 1. The third-order valence-corrected chi connectivity index (χ3v) is 14.5. The summed E-state index contributed by atoms with van der Waals surface area (Å²) in [6.45, 7) is 12.7. The molecule has 4 aliphatic rings.